The van der Waals surface area contributed by atoms with Crippen molar-refractivity contribution in [2.45, 2.75) is 38.3 Å². The number of halogens is 2. The smallest absolute Gasteiger partial charge is 0.326 e. The van der Waals surface area contributed by atoms with E-state index in [4.69, 9.17) is 5.11 Å². The lowest BCUT2D eigenvalue weighted by Crippen LogP contribution is -2.45. The number of carbonyl (C=O) groups is 2. The second-order valence-electron chi connectivity index (χ2n) is 4.96. The van der Waals surface area contributed by atoms with Crippen LogP contribution in [0.2, 0.25) is 0 Å². The number of nitrogens with zero attached hydrogens (tertiary/aromatic N) is 1. The van der Waals surface area contributed by atoms with Crippen molar-refractivity contribution < 1.29 is 23.5 Å². The number of carboxylic acids is 1. The number of benzene rings is 1. The van der Waals surface area contributed by atoms with Crippen molar-refractivity contribution in [3.8, 4) is 0 Å². The molecule has 0 saturated heterocycles. The third-order valence-electron chi connectivity index (χ3n) is 3.35. The predicted octanol–water partition coefficient (Wildman–Crippen LogP) is 1.97. The first-order valence-corrected chi connectivity index (χ1v) is 6.38. The molecular weight excluding hydrogens is 268 g/mol. The van der Waals surface area contributed by atoms with Crippen molar-refractivity contribution in [1.29, 1.82) is 0 Å². The average molecular weight is 283 g/mol. The first kappa shape index (κ1) is 14.4. The van der Waals surface area contributed by atoms with Crippen molar-refractivity contribution in [1.82, 2.24) is 4.90 Å². The van der Waals surface area contributed by atoms with E-state index in [1.165, 1.54) is 11.8 Å². The van der Waals surface area contributed by atoms with Gasteiger partial charge in [-0.3, -0.25) is 4.79 Å². The van der Waals surface area contributed by atoms with Gasteiger partial charge in [-0.05, 0) is 38.0 Å². The Morgan fingerprint density at radius 3 is 2.60 bits per heavy atom. The van der Waals surface area contributed by atoms with Gasteiger partial charge in [-0.2, -0.15) is 0 Å². The molecule has 1 aliphatic rings. The molecule has 1 aliphatic carbocycles. The van der Waals surface area contributed by atoms with Gasteiger partial charge in [-0.15, -0.1) is 0 Å². The number of amides is 1. The summed E-state index contributed by atoms with van der Waals surface area (Å²) in [7, 11) is 0. The first-order chi connectivity index (χ1) is 9.40. The van der Waals surface area contributed by atoms with E-state index in [1.807, 2.05) is 0 Å². The van der Waals surface area contributed by atoms with Crippen LogP contribution in [0.5, 0.6) is 0 Å². The van der Waals surface area contributed by atoms with E-state index in [2.05, 4.69) is 0 Å². The van der Waals surface area contributed by atoms with E-state index in [0.717, 1.165) is 31.0 Å². The molecule has 1 saturated carbocycles. The molecule has 0 heterocycles. The van der Waals surface area contributed by atoms with Gasteiger partial charge >= 0.3 is 5.97 Å². The molecule has 0 aliphatic heterocycles. The summed E-state index contributed by atoms with van der Waals surface area (Å²) in [4.78, 5) is 24.5. The largest absolute Gasteiger partial charge is 0.480 e. The van der Waals surface area contributed by atoms with E-state index >= 15 is 0 Å². The van der Waals surface area contributed by atoms with Gasteiger partial charge in [0.15, 0.2) is 0 Å². The van der Waals surface area contributed by atoms with Gasteiger partial charge in [0.25, 0.3) is 0 Å². The number of carbonyl (C=O) groups excluding carboxylic acids is 1. The Bertz CT molecular complexity index is 543. The van der Waals surface area contributed by atoms with E-state index < -0.39 is 29.6 Å². The molecule has 4 nitrogen and oxygen atoms in total. The number of rotatable bonds is 5. The fourth-order valence-corrected chi connectivity index (χ4v) is 2.14. The highest BCUT2D eigenvalue weighted by atomic mass is 19.1. The van der Waals surface area contributed by atoms with E-state index in [1.54, 1.807) is 0 Å². The lowest BCUT2D eigenvalue weighted by atomic mass is 10.1. The van der Waals surface area contributed by atoms with Gasteiger partial charge < -0.3 is 10.0 Å². The summed E-state index contributed by atoms with van der Waals surface area (Å²) in [6.07, 6.45) is 1.15. The summed E-state index contributed by atoms with van der Waals surface area (Å²) >= 11 is 0. The van der Waals surface area contributed by atoms with Crippen LogP contribution in [0.1, 0.15) is 25.3 Å². The fourth-order valence-electron chi connectivity index (χ4n) is 2.14. The summed E-state index contributed by atoms with van der Waals surface area (Å²) in [6, 6.07) is 1.82. The molecule has 1 atom stereocenters. The highest BCUT2D eigenvalue weighted by Crippen LogP contribution is 2.29. The summed E-state index contributed by atoms with van der Waals surface area (Å²) in [5.74, 6) is -2.89. The minimum atomic E-state index is -1.11. The molecule has 0 aromatic heterocycles. The Morgan fingerprint density at radius 1 is 1.40 bits per heavy atom. The number of aliphatic carboxylic acids is 1. The number of carboxylic acid groups (broad SMARTS) is 1. The highest BCUT2D eigenvalue weighted by Gasteiger charge is 2.38. The van der Waals surface area contributed by atoms with Gasteiger partial charge in [0.2, 0.25) is 5.91 Å². The van der Waals surface area contributed by atoms with Crippen molar-refractivity contribution in [2.75, 3.05) is 0 Å². The third kappa shape index (κ3) is 3.12. The second kappa shape index (κ2) is 5.56. The summed E-state index contributed by atoms with van der Waals surface area (Å²) in [5, 5.41) is 9.01. The topological polar surface area (TPSA) is 57.6 Å². The molecule has 1 fully saturated rings. The fraction of sp³-hybridized carbons (Fsp3) is 0.429. The van der Waals surface area contributed by atoms with Crippen LogP contribution in [-0.2, 0) is 16.0 Å². The Labute approximate surface area is 115 Å². The maximum Gasteiger partial charge on any atom is 0.326 e. The quantitative estimate of drug-likeness (QED) is 0.899. The van der Waals surface area contributed by atoms with E-state index in [9.17, 15) is 18.4 Å². The second-order valence-corrected chi connectivity index (χ2v) is 4.96. The molecule has 1 unspecified atom stereocenters. The molecule has 0 bridgehead atoms. The molecule has 0 spiro atoms. The zero-order valence-corrected chi connectivity index (χ0v) is 11.0. The Balaban J connectivity index is 2.16. The van der Waals surface area contributed by atoms with Crippen LogP contribution in [0.3, 0.4) is 0 Å². The minimum absolute atomic E-state index is 0.0572. The van der Waals surface area contributed by atoms with E-state index in [-0.39, 0.29) is 18.0 Å². The maximum absolute atomic E-state index is 13.5. The van der Waals surface area contributed by atoms with Gasteiger partial charge in [0, 0.05) is 11.6 Å². The number of hydrogen-bond donors (Lipinski definition) is 1. The molecule has 1 aromatic carbocycles. The molecule has 0 radical (unpaired) electrons. The molecule has 1 aromatic rings. The van der Waals surface area contributed by atoms with E-state index in [0.29, 0.717) is 0 Å². The first-order valence-electron chi connectivity index (χ1n) is 6.38. The van der Waals surface area contributed by atoms with Gasteiger partial charge in [-0.1, -0.05) is 0 Å². The lowest BCUT2D eigenvalue weighted by Gasteiger charge is -2.26. The minimum Gasteiger partial charge on any atom is -0.480 e. The van der Waals surface area contributed by atoms with Crippen molar-refractivity contribution in [2.24, 2.45) is 0 Å². The Kier molecular flexibility index (Phi) is 4.01. The molecule has 2 rings (SSSR count). The van der Waals surface area contributed by atoms with Crippen LogP contribution < -0.4 is 0 Å². The monoisotopic (exact) mass is 283 g/mol. The maximum atomic E-state index is 13.5. The van der Waals surface area contributed by atoms with Crippen LogP contribution >= 0.6 is 0 Å². The summed E-state index contributed by atoms with van der Waals surface area (Å²) in [5.41, 5.74) is -0.0572. The molecule has 1 amide bonds. The highest BCUT2D eigenvalue weighted by molar-refractivity contribution is 5.85. The number of hydrogen-bond acceptors (Lipinski definition) is 2. The predicted molar refractivity (Wildman–Crippen MR) is 67.0 cm³/mol. The standard InChI is InChI=1S/C14H15F2NO3/c1-8(14(19)20)17(11-3-4-11)13(18)7-9-6-10(15)2-5-12(9)16/h2,5-6,8,11H,3-4,7H2,1H3,(H,19,20). The Morgan fingerprint density at radius 2 is 2.05 bits per heavy atom. The molecule has 1 N–H and O–H groups in total. The van der Waals surface area contributed by atoms with Crippen LogP contribution in [0, 0.1) is 11.6 Å². The normalized spacial score (nSPS) is 15.8. The van der Waals surface area contributed by atoms with Gasteiger partial charge in [0.1, 0.15) is 17.7 Å². The molecule has 6 heteroatoms. The van der Waals surface area contributed by atoms with Crippen molar-refractivity contribution >= 4 is 11.9 Å². The van der Waals surface area contributed by atoms with Crippen LogP contribution in [0.25, 0.3) is 0 Å². The van der Waals surface area contributed by atoms with Crippen molar-refractivity contribution in [3.05, 3.63) is 35.4 Å². The van der Waals surface area contributed by atoms with Gasteiger partial charge in [-0.25, -0.2) is 13.6 Å². The molecular formula is C14H15F2NO3. The lowest BCUT2D eigenvalue weighted by molar-refractivity contribution is -0.149. The summed E-state index contributed by atoms with van der Waals surface area (Å²) < 4.78 is 26.6. The van der Waals surface area contributed by atoms with Crippen LogP contribution in [0.4, 0.5) is 8.78 Å². The third-order valence-corrected chi connectivity index (χ3v) is 3.35. The van der Waals surface area contributed by atoms with Crippen molar-refractivity contribution in [3.63, 3.8) is 0 Å². The summed E-state index contributed by atoms with van der Waals surface area (Å²) in [6.45, 7) is 1.42. The molecule has 108 valence electrons. The van der Waals surface area contributed by atoms with Crippen LogP contribution in [-0.4, -0.2) is 34.0 Å². The SMILES string of the molecule is CC(C(=O)O)N(C(=O)Cc1cc(F)ccc1F)C1CC1. The molecule has 20 heavy (non-hydrogen) atoms. The zero-order chi connectivity index (χ0) is 14.9. The average Bonchev–Trinajstić information content (AvgIpc) is 3.18. The van der Waals surface area contributed by atoms with Gasteiger partial charge in [0.05, 0.1) is 6.42 Å². The Hall–Kier alpha value is -1.98. The van der Waals surface area contributed by atoms with Crippen LogP contribution in [0.15, 0.2) is 18.2 Å². The zero-order valence-electron chi connectivity index (χ0n) is 11.0.